The Balaban J connectivity index is 2.40. The average Bonchev–Trinajstić information content (AvgIpc) is 2.40. The molecule has 0 fully saturated rings. The fourth-order valence-corrected chi connectivity index (χ4v) is 1.90. The van der Waals surface area contributed by atoms with Crippen molar-refractivity contribution in [2.75, 3.05) is 7.05 Å². The van der Waals surface area contributed by atoms with Gasteiger partial charge in [-0.1, -0.05) is 56.2 Å². The van der Waals surface area contributed by atoms with E-state index in [9.17, 15) is 0 Å². The van der Waals surface area contributed by atoms with Crippen LogP contribution in [-0.4, -0.2) is 13.1 Å². The molecule has 0 aliphatic carbocycles. The quantitative estimate of drug-likeness (QED) is 0.668. The Kier molecular flexibility index (Phi) is 7.43. The molecule has 18 heavy (non-hydrogen) atoms. The van der Waals surface area contributed by atoms with Crippen molar-refractivity contribution in [3.8, 4) is 0 Å². The van der Waals surface area contributed by atoms with E-state index in [1.165, 1.54) is 36.8 Å². The van der Waals surface area contributed by atoms with Crippen LogP contribution < -0.4 is 5.32 Å². The van der Waals surface area contributed by atoms with Gasteiger partial charge >= 0.3 is 0 Å². The molecule has 0 heterocycles. The smallest absolute Gasteiger partial charge is 0.00703 e. The lowest BCUT2D eigenvalue weighted by Gasteiger charge is -2.05. The summed E-state index contributed by atoms with van der Waals surface area (Å²) < 4.78 is 0. The summed E-state index contributed by atoms with van der Waals surface area (Å²) in [6.45, 7) is 4.45. The average molecular weight is 245 g/mol. The lowest BCUT2D eigenvalue weighted by Crippen LogP contribution is -2.19. The maximum Gasteiger partial charge on any atom is 0.00703 e. The van der Waals surface area contributed by atoms with Crippen LogP contribution in [0.2, 0.25) is 0 Å². The highest BCUT2D eigenvalue weighted by Crippen LogP contribution is 2.10. The first kappa shape index (κ1) is 15.0. The third-order valence-corrected chi connectivity index (χ3v) is 3.34. The highest BCUT2D eigenvalue weighted by atomic mass is 14.8. The Bertz CT molecular complexity index is 337. The van der Waals surface area contributed by atoms with Crippen LogP contribution in [0.25, 0.3) is 6.08 Å². The molecule has 1 rings (SSSR count). The molecule has 1 nitrogen and oxygen atoms in total. The Morgan fingerprint density at radius 1 is 1.17 bits per heavy atom. The van der Waals surface area contributed by atoms with Crippen molar-refractivity contribution < 1.29 is 0 Å². The highest BCUT2D eigenvalue weighted by molar-refractivity contribution is 5.49. The molecule has 0 amide bonds. The lowest BCUT2D eigenvalue weighted by atomic mass is 10.0. The monoisotopic (exact) mass is 245 g/mol. The van der Waals surface area contributed by atoms with Gasteiger partial charge in [-0.3, -0.25) is 0 Å². The minimum atomic E-state index is 0.551. The summed E-state index contributed by atoms with van der Waals surface area (Å²) in [5, 5.41) is 3.24. The summed E-state index contributed by atoms with van der Waals surface area (Å²) in [6, 6.07) is 9.52. The molecule has 0 radical (unpaired) electrons. The van der Waals surface area contributed by atoms with E-state index in [4.69, 9.17) is 0 Å². The van der Waals surface area contributed by atoms with Crippen LogP contribution in [0.15, 0.2) is 30.3 Å². The molecule has 1 aromatic carbocycles. The summed E-state index contributed by atoms with van der Waals surface area (Å²) >= 11 is 0. The SMILES string of the molecule is CCCCCc1ccc(/C=C/CC(C)NC)cc1. The molecule has 0 saturated heterocycles. The largest absolute Gasteiger partial charge is 0.317 e. The first-order valence-corrected chi connectivity index (χ1v) is 7.19. The lowest BCUT2D eigenvalue weighted by molar-refractivity contribution is 0.621. The van der Waals surface area contributed by atoms with Crippen molar-refractivity contribution in [2.45, 2.75) is 52.0 Å². The summed E-state index contributed by atoms with van der Waals surface area (Å²) in [6.07, 6.45) is 10.7. The molecule has 0 saturated carbocycles. The molecule has 0 bridgehead atoms. The zero-order valence-electron chi connectivity index (χ0n) is 12.1. The van der Waals surface area contributed by atoms with Crippen molar-refractivity contribution >= 4 is 6.08 Å². The van der Waals surface area contributed by atoms with E-state index in [1.807, 2.05) is 7.05 Å². The van der Waals surface area contributed by atoms with Gasteiger partial charge in [0.25, 0.3) is 0 Å². The van der Waals surface area contributed by atoms with Crippen molar-refractivity contribution in [1.82, 2.24) is 5.32 Å². The predicted octanol–water partition coefficient (Wildman–Crippen LogP) is 4.43. The van der Waals surface area contributed by atoms with E-state index in [-0.39, 0.29) is 0 Å². The summed E-state index contributed by atoms with van der Waals surface area (Å²) in [4.78, 5) is 0. The Morgan fingerprint density at radius 2 is 1.89 bits per heavy atom. The zero-order chi connectivity index (χ0) is 13.2. The Morgan fingerprint density at radius 3 is 2.50 bits per heavy atom. The van der Waals surface area contributed by atoms with Crippen molar-refractivity contribution in [3.05, 3.63) is 41.5 Å². The minimum Gasteiger partial charge on any atom is -0.317 e. The van der Waals surface area contributed by atoms with Crippen molar-refractivity contribution in [1.29, 1.82) is 0 Å². The molecule has 0 aliphatic rings. The van der Waals surface area contributed by atoms with Crippen LogP contribution >= 0.6 is 0 Å². The summed E-state index contributed by atoms with van der Waals surface area (Å²) in [5.41, 5.74) is 2.77. The van der Waals surface area contributed by atoms with Crippen LogP contribution in [0.1, 0.15) is 50.7 Å². The fourth-order valence-electron chi connectivity index (χ4n) is 1.90. The topological polar surface area (TPSA) is 12.0 Å². The second-order valence-electron chi connectivity index (χ2n) is 5.03. The van der Waals surface area contributed by atoms with Gasteiger partial charge in [-0.05, 0) is 44.4 Å². The number of benzene rings is 1. The van der Waals surface area contributed by atoms with Gasteiger partial charge in [0.1, 0.15) is 0 Å². The molecule has 1 atom stereocenters. The Labute approximate surface area is 112 Å². The number of nitrogens with one attached hydrogen (secondary N) is 1. The second kappa shape index (κ2) is 8.93. The molecule has 1 unspecified atom stereocenters. The zero-order valence-corrected chi connectivity index (χ0v) is 12.1. The van der Waals surface area contributed by atoms with E-state index in [0.29, 0.717) is 6.04 Å². The molecule has 100 valence electrons. The van der Waals surface area contributed by atoms with Crippen LogP contribution in [0.4, 0.5) is 0 Å². The van der Waals surface area contributed by atoms with Crippen LogP contribution in [-0.2, 0) is 6.42 Å². The van der Waals surface area contributed by atoms with Crippen LogP contribution in [0, 0.1) is 0 Å². The first-order chi connectivity index (χ1) is 8.76. The Hall–Kier alpha value is -1.08. The van der Waals surface area contributed by atoms with Gasteiger partial charge in [0.2, 0.25) is 0 Å². The van der Waals surface area contributed by atoms with Gasteiger partial charge in [-0.25, -0.2) is 0 Å². The number of hydrogen-bond acceptors (Lipinski definition) is 1. The van der Waals surface area contributed by atoms with Gasteiger partial charge in [-0.2, -0.15) is 0 Å². The highest BCUT2D eigenvalue weighted by Gasteiger charge is 1.94. The van der Waals surface area contributed by atoms with Gasteiger partial charge in [0, 0.05) is 6.04 Å². The molecule has 1 heteroatoms. The third-order valence-electron chi connectivity index (χ3n) is 3.34. The molecule has 0 spiro atoms. The number of unbranched alkanes of at least 4 members (excludes halogenated alkanes) is 2. The van der Waals surface area contributed by atoms with Gasteiger partial charge in [0.05, 0.1) is 0 Å². The molecular weight excluding hydrogens is 218 g/mol. The maximum atomic E-state index is 3.24. The van der Waals surface area contributed by atoms with Gasteiger partial charge in [-0.15, -0.1) is 0 Å². The standard InChI is InChI=1S/C17H27N/c1-4-5-6-9-16-11-13-17(14-12-16)10-7-8-15(2)18-3/h7,10-15,18H,4-6,8-9H2,1-3H3/b10-7+. The molecule has 1 aromatic rings. The van der Waals surface area contributed by atoms with Gasteiger partial charge < -0.3 is 5.32 Å². The fraction of sp³-hybridized carbons (Fsp3) is 0.529. The maximum absolute atomic E-state index is 3.24. The molecular formula is C17H27N. The predicted molar refractivity (Wildman–Crippen MR) is 81.8 cm³/mol. The minimum absolute atomic E-state index is 0.551. The third kappa shape index (κ3) is 6.02. The van der Waals surface area contributed by atoms with Gasteiger partial charge in [0.15, 0.2) is 0 Å². The molecule has 0 aromatic heterocycles. The number of aryl methyl sites for hydroxylation is 1. The van der Waals surface area contributed by atoms with E-state index >= 15 is 0 Å². The van der Waals surface area contributed by atoms with E-state index in [0.717, 1.165) is 6.42 Å². The number of rotatable bonds is 8. The van der Waals surface area contributed by atoms with Crippen LogP contribution in [0.3, 0.4) is 0 Å². The van der Waals surface area contributed by atoms with Crippen molar-refractivity contribution in [2.24, 2.45) is 0 Å². The first-order valence-electron chi connectivity index (χ1n) is 7.19. The normalized spacial score (nSPS) is 13.1. The van der Waals surface area contributed by atoms with Crippen LogP contribution in [0.5, 0.6) is 0 Å². The summed E-state index contributed by atoms with van der Waals surface area (Å²) in [5.74, 6) is 0. The molecule has 0 aliphatic heterocycles. The van der Waals surface area contributed by atoms with Crippen molar-refractivity contribution in [3.63, 3.8) is 0 Å². The van der Waals surface area contributed by atoms with E-state index in [2.05, 4.69) is 55.6 Å². The summed E-state index contributed by atoms with van der Waals surface area (Å²) in [7, 11) is 2.00. The second-order valence-corrected chi connectivity index (χ2v) is 5.03. The van der Waals surface area contributed by atoms with E-state index < -0.39 is 0 Å². The number of hydrogen-bond donors (Lipinski definition) is 1. The molecule has 1 N–H and O–H groups in total. The van der Waals surface area contributed by atoms with E-state index in [1.54, 1.807) is 0 Å².